The fourth-order valence-corrected chi connectivity index (χ4v) is 2.92. The van der Waals surface area contributed by atoms with E-state index in [1.807, 2.05) is 29.2 Å². The number of benzene rings is 1. The molecule has 122 valence electrons. The Balaban J connectivity index is 1.76. The second kappa shape index (κ2) is 6.89. The van der Waals surface area contributed by atoms with Crippen LogP contribution in [-0.4, -0.2) is 65.1 Å². The molecule has 7 nitrogen and oxygen atoms in total. The second-order valence-electron chi connectivity index (χ2n) is 5.58. The maximum atomic E-state index is 12.8. The number of aromatic nitrogens is 3. The fraction of sp³-hybridized carbons (Fsp3) is 0.438. The van der Waals surface area contributed by atoms with Gasteiger partial charge in [-0.2, -0.15) is 0 Å². The zero-order chi connectivity index (χ0) is 16.2. The Bertz CT molecular complexity index is 642. The van der Waals surface area contributed by atoms with Gasteiger partial charge in [0.05, 0.1) is 18.8 Å². The molecule has 1 aliphatic heterocycles. The lowest BCUT2D eigenvalue weighted by atomic mass is 10.1. The highest BCUT2D eigenvalue weighted by Gasteiger charge is 2.35. The quantitative estimate of drug-likeness (QED) is 0.827. The van der Waals surface area contributed by atoms with Crippen LogP contribution in [0.5, 0.6) is 0 Å². The first-order chi connectivity index (χ1) is 11.2. The van der Waals surface area contributed by atoms with E-state index in [0.717, 1.165) is 12.1 Å². The monoisotopic (exact) mass is 316 g/mol. The summed E-state index contributed by atoms with van der Waals surface area (Å²) in [5.41, 5.74) is 1.57. The molecule has 7 heteroatoms. The molecule has 1 saturated heterocycles. The summed E-state index contributed by atoms with van der Waals surface area (Å²) in [5.74, 6) is 0.00176. The van der Waals surface area contributed by atoms with Crippen molar-refractivity contribution in [2.24, 2.45) is 0 Å². The molecule has 2 heterocycles. The van der Waals surface area contributed by atoms with Gasteiger partial charge in [0.2, 0.25) is 0 Å². The SMILES string of the molecule is COC[C@@H]1C[C@@H](OC)CN1C(=O)c1ccc(-n2cnnc2)cc1. The third-order valence-corrected chi connectivity index (χ3v) is 4.16. The molecule has 0 aliphatic carbocycles. The van der Waals surface area contributed by atoms with E-state index in [1.54, 1.807) is 31.4 Å². The number of hydrogen-bond donors (Lipinski definition) is 0. The third kappa shape index (κ3) is 3.25. The van der Waals surface area contributed by atoms with Crippen molar-refractivity contribution in [1.82, 2.24) is 19.7 Å². The van der Waals surface area contributed by atoms with Crippen molar-refractivity contribution in [2.45, 2.75) is 18.6 Å². The molecule has 1 amide bonds. The molecule has 23 heavy (non-hydrogen) atoms. The Morgan fingerprint density at radius 2 is 1.91 bits per heavy atom. The van der Waals surface area contributed by atoms with Gasteiger partial charge < -0.3 is 14.4 Å². The number of carbonyl (C=O) groups excluding carboxylic acids is 1. The molecule has 0 spiro atoms. The van der Waals surface area contributed by atoms with E-state index >= 15 is 0 Å². The summed E-state index contributed by atoms with van der Waals surface area (Å²) in [5, 5.41) is 7.55. The summed E-state index contributed by atoms with van der Waals surface area (Å²) >= 11 is 0. The van der Waals surface area contributed by atoms with Gasteiger partial charge in [-0.1, -0.05) is 0 Å². The highest BCUT2D eigenvalue weighted by atomic mass is 16.5. The van der Waals surface area contributed by atoms with Crippen molar-refractivity contribution in [3.63, 3.8) is 0 Å². The summed E-state index contributed by atoms with van der Waals surface area (Å²) < 4.78 is 12.4. The summed E-state index contributed by atoms with van der Waals surface area (Å²) in [6.45, 7) is 1.11. The third-order valence-electron chi connectivity index (χ3n) is 4.16. The van der Waals surface area contributed by atoms with Gasteiger partial charge >= 0.3 is 0 Å². The van der Waals surface area contributed by atoms with Gasteiger partial charge in [0.1, 0.15) is 12.7 Å². The molecule has 2 atom stereocenters. The number of hydrogen-bond acceptors (Lipinski definition) is 5. The Hall–Kier alpha value is -2.25. The van der Waals surface area contributed by atoms with Crippen LogP contribution in [-0.2, 0) is 9.47 Å². The number of nitrogens with zero attached hydrogens (tertiary/aromatic N) is 4. The van der Waals surface area contributed by atoms with E-state index in [9.17, 15) is 4.79 Å². The van der Waals surface area contributed by atoms with Crippen LogP contribution in [0, 0.1) is 0 Å². The molecule has 1 fully saturated rings. The molecule has 0 saturated carbocycles. The first-order valence-electron chi connectivity index (χ1n) is 7.50. The molecule has 1 aromatic heterocycles. The van der Waals surface area contributed by atoms with Crippen molar-refractivity contribution >= 4 is 5.91 Å². The van der Waals surface area contributed by atoms with Crippen LogP contribution in [0.3, 0.4) is 0 Å². The number of carbonyl (C=O) groups is 1. The predicted molar refractivity (Wildman–Crippen MR) is 83.5 cm³/mol. The highest BCUT2D eigenvalue weighted by molar-refractivity contribution is 5.94. The Labute approximate surface area is 134 Å². The van der Waals surface area contributed by atoms with Crippen molar-refractivity contribution in [1.29, 1.82) is 0 Å². The Kier molecular flexibility index (Phi) is 4.68. The molecule has 0 N–H and O–H groups in total. The van der Waals surface area contributed by atoms with Crippen LogP contribution >= 0.6 is 0 Å². The summed E-state index contributed by atoms with van der Waals surface area (Å²) in [7, 11) is 3.33. The van der Waals surface area contributed by atoms with Crippen molar-refractivity contribution in [3.8, 4) is 5.69 Å². The normalized spacial score (nSPS) is 20.9. The lowest BCUT2D eigenvalue weighted by molar-refractivity contribution is 0.0612. The number of ether oxygens (including phenoxy) is 2. The zero-order valence-electron chi connectivity index (χ0n) is 13.3. The first kappa shape index (κ1) is 15.6. The lowest BCUT2D eigenvalue weighted by Crippen LogP contribution is -2.38. The van der Waals surface area contributed by atoms with Crippen LogP contribution < -0.4 is 0 Å². The van der Waals surface area contributed by atoms with Crippen molar-refractivity contribution in [3.05, 3.63) is 42.5 Å². The van der Waals surface area contributed by atoms with Gasteiger partial charge in [-0.05, 0) is 30.7 Å². The van der Waals surface area contributed by atoms with Gasteiger partial charge in [-0.15, -0.1) is 10.2 Å². The molecule has 0 radical (unpaired) electrons. The van der Waals surface area contributed by atoms with Crippen LogP contribution in [0.2, 0.25) is 0 Å². The Morgan fingerprint density at radius 1 is 1.22 bits per heavy atom. The minimum absolute atomic E-state index is 0.00176. The number of rotatable bonds is 5. The number of methoxy groups -OCH3 is 2. The van der Waals surface area contributed by atoms with Crippen LogP contribution in [0.25, 0.3) is 5.69 Å². The van der Waals surface area contributed by atoms with Gasteiger partial charge in [-0.25, -0.2) is 0 Å². The average Bonchev–Trinajstić information content (AvgIpc) is 3.24. The lowest BCUT2D eigenvalue weighted by Gasteiger charge is -2.24. The van der Waals surface area contributed by atoms with Gasteiger partial charge in [0, 0.05) is 32.0 Å². The molecule has 2 aromatic rings. The number of likely N-dealkylation sites (tertiary alicyclic amines) is 1. The molecule has 0 unspecified atom stereocenters. The molecule has 1 aromatic carbocycles. The standard InChI is InChI=1S/C16H20N4O3/c1-22-9-14-7-15(23-2)8-20(14)16(21)12-3-5-13(6-4-12)19-10-17-18-11-19/h3-6,10-11,14-15H,7-9H2,1-2H3/t14-,15+/m0/s1. The molecule has 1 aliphatic rings. The van der Waals surface area contributed by atoms with Crippen LogP contribution in [0.15, 0.2) is 36.9 Å². The first-order valence-corrected chi connectivity index (χ1v) is 7.50. The maximum Gasteiger partial charge on any atom is 0.254 e. The van der Waals surface area contributed by atoms with E-state index in [2.05, 4.69) is 10.2 Å². The van der Waals surface area contributed by atoms with Crippen molar-refractivity contribution in [2.75, 3.05) is 27.4 Å². The van der Waals surface area contributed by atoms with Crippen molar-refractivity contribution < 1.29 is 14.3 Å². The zero-order valence-corrected chi connectivity index (χ0v) is 13.3. The summed E-state index contributed by atoms with van der Waals surface area (Å²) in [6, 6.07) is 7.45. The molecular weight excluding hydrogens is 296 g/mol. The largest absolute Gasteiger partial charge is 0.383 e. The molecule has 0 bridgehead atoms. The summed E-state index contributed by atoms with van der Waals surface area (Å²) in [6.07, 6.45) is 4.11. The Morgan fingerprint density at radius 3 is 2.52 bits per heavy atom. The van der Waals surface area contributed by atoms with E-state index in [4.69, 9.17) is 9.47 Å². The topological polar surface area (TPSA) is 69.5 Å². The van der Waals surface area contributed by atoms with Gasteiger partial charge in [0.25, 0.3) is 5.91 Å². The van der Waals surface area contributed by atoms with Gasteiger partial charge in [0.15, 0.2) is 0 Å². The minimum Gasteiger partial charge on any atom is -0.383 e. The highest BCUT2D eigenvalue weighted by Crippen LogP contribution is 2.23. The molecule has 3 rings (SSSR count). The van der Waals surface area contributed by atoms with Gasteiger partial charge in [-0.3, -0.25) is 9.36 Å². The molecular formula is C16H20N4O3. The predicted octanol–water partition coefficient (Wildman–Crippen LogP) is 1.14. The second-order valence-corrected chi connectivity index (χ2v) is 5.58. The summed E-state index contributed by atoms with van der Waals surface area (Å²) in [4.78, 5) is 14.6. The van der Waals surface area contributed by atoms with Crippen LogP contribution in [0.4, 0.5) is 0 Å². The van der Waals surface area contributed by atoms with E-state index in [0.29, 0.717) is 18.7 Å². The maximum absolute atomic E-state index is 12.8. The smallest absolute Gasteiger partial charge is 0.254 e. The van der Waals surface area contributed by atoms with E-state index < -0.39 is 0 Å². The minimum atomic E-state index is 0.00176. The fourth-order valence-electron chi connectivity index (χ4n) is 2.92. The van der Waals surface area contributed by atoms with E-state index in [-0.39, 0.29) is 18.1 Å². The number of amides is 1. The van der Waals surface area contributed by atoms with E-state index in [1.165, 1.54) is 0 Å². The average molecular weight is 316 g/mol. The van der Waals surface area contributed by atoms with Crippen LogP contribution in [0.1, 0.15) is 16.8 Å².